The van der Waals surface area contributed by atoms with E-state index in [1.165, 1.54) is 0 Å². The van der Waals surface area contributed by atoms with Crippen LogP contribution in [-0.4, -0.2) is 5.97 Å². The van der Waals surface area contributed by atoms with Crippen LogP contribution >= 0.6 is 0 Å². The molecular formula is C11H11O2-. The van der Waals surface area contributed by atoms with Crippen molar-refractivity contribution in [2.45, 2.75) is 12.8 Å². The van der Waals surface area contributed by atoms with Crippen molar-refractivity contribution in [3.63, 3.8) is 0 Å². The Hall–Kier alpha value is -1.57. The molecule has 0 radical (unpaired) electrons. The maximum Gasteiger partial charge on any atom is 0.0486 e. The van der Waals surface area contributed by atoms with E-state index < -0.39 is 11.9 Å². The van der Waals surface area contributed by atoms with Gasteiger partial charge in [0.2, 0.25) is 0 Å². The third-order valence-electron chi connectivity index (χ3n) is 2.04. The van der Waals surface area contributed by atoms with E-state index >= 15 is 0 Å². The van der Waals surface area contributed by atoms with Gasteiger partial charge in [0, 0.05) is 11.9 Å². The molecule has 1 atom stereocenters. The van der Waals surface area contributed by atoms with Crippen molar-refractivity contribution in [3.05, 3.63) is 42.0 Å². The Bertz CT molecular complexity index is 329. The van der Waals surface area contributed by atoms with Crippen molar-refractivity contribution in [1.82, 2.24) is 0 Å². The summed E-state index contributed by atoms with van der Waals surface area (Å²) >= 11 is 0. The fraction of sp³-hybridized carbons (Fsp3) is 0.182. The van der Waals surface area contributed by atoms with Crippen molar-refractivity contribution >= 4 is 12.0 Å². The zero-order chi connectivity index (χ0) is 9.84. The fourth-order valence-electron chi connectivity index (χ4n) is 1.22. The molecule has 0 aromatic heterocycles. The molecule has 0 bridgehead atoms. The molecule has 0 heterocycles. The lowest BCUT2D eigenvalue weighted by molar-refractivity contribution is -0.307. The van der Waals surface area contributed by atoms with Gasteiger partial charge in [-0.25, -0.2) is 0 Å². The largest absolute Gasteiger partial charge is 0.550 e. The number of carboxylic acids is 1. The summed E-state index contributed by atoms with van der Waals surface area (Å²) in [6.07, 6.45) is 1.65. The smallest absolute Gasteiger partial charge is 0.0486 e. The Balaban J connectivity index is 3.12. The van der Waals surface area contributed by atoms with E-state index in [0.29, 0.717) is 0 Å². The molecule has 0 fully saturated rings. The quantitative estimate of drug-likeness (QED) is 0.692. The Morgan fingerprint density at radius 2 is 2.15 bits per heavy atom. The standard InChI is InChI=1S/C11H12O2/c1-3-9-6-4-5-7-10(9)8(2)11(12)13/h3-8H,1H2,2H3,(H,12,13)/p-1. The van der Waals surface area contributed by atoms with Crippen LogP contribution in [-0.2, 0) is 4.79 Å². The molecule has 1 rings (SSSR count). The van der Waals surface area contributed by atoms with Gasteiger partial charge in [-0.15, -0.1) is 0 Å². The van der Waals surface area contributed by atoms with Crippen molar-refractivity contribution in [1.29, 1.82) is 0 Å². The number of benzene rings is 1. The van der Waals surface area contributed by atoms with Gasteiger partial charge < -0.3 is 9.90 Å². The van der Waals surface area contributed by atoms with Gasteiger partial charge in [-0.1, -0.05) is 43.8 Å². The summed E-state index contributed by atoms with van der Waals surface area (Å²) in [4.78, 5) is 10.6. The van der Waals surface area contributed by atoms with Crippen LogP contribution in [0.2, 0.25) is 0 Å². The van der Waals surface area contributed by atoms with Crippen LogP contribution in [0.3, 0.4) is 0 Å². The highest BCUT2D eigenvalue weighted by Crippen LogP contribution is 2.19. The van der Waals surface area contributed by atoms with E-state index in [1.807, 2.05) is 18.2 Å². The fourth-order valence-corrected chi connectivity index (χ4v) is 1.22. The van der Waals surface area contributed by atoms with Gasteiger partial charge in [0.25, 0.3) is 0 Å². The molecule has 1 unspecified atom stereocenters. The zero-order valence-corrected chi connectivity index (χ0v) is 7.49. The van der Waals surface area contributed by atoms with E-state index in [0.717, 1.165) is 11.1 Å². The number of carbonyl (C=O) groups is 1. The molecule has 0 spiro atoms. The maximum absolute atomic E-state index is 10.6. The van der Waals surface area contributed by atoms with Gasteiger partial charge in [0.15, 0.2) is 0 Å². The van der Waals surface area contributed by atoms with Gasteiger partial charge in [-0.2, -0.15) is 0 Å². The van der Waals surface area contributed by atoms with E-state index in [-0.39, 0.29) is 0 Å². The molecule has 1 aromatic rings. The maximum atomic E-state index is 10.6. The second-order valence-electron chi connectivity index (χ2n) is 2.87. The first-order chi connectivity index (χ1) is 6.16. The molecule has 0 N–H and O–H groups in total. The summed E-state index contributed by atoms with van der Waals surface area (Å²) < 4.78 is 0. The monoisotopic (exact) mass is 175 g/mol. The Morgan fingerprint density at radius 1 is 1.54 bits per heavy atom. The first-order valence-electron chi connectivity index (χ1n) is 4.09. The van der Waals surface area contributed by atoms with Crippen molar-refractivity contribution in [3.8, 4) is 0 Å². The Labute approximate surface area is 77.5 Å². The van der Waals surface area contributed by atoms with E-state index in [9.17, 15) is 9.90 Å². The molecule has 2 nitrogen and oxygen atoms in total. The van der Waals surface area contributed by atoms with Crippen molar-refractivity contribution in [2.24, 2.45) is 0 Å². The van der Waals surface area contributed by atoms with Gasteiger partial charge in [0.05, 0.1) is 0 Å². The number of hydrogen-bond acceptors (Lipinski definition) is 2. The van der Waals surface area contributed by atoms with E-state index in [2.05, 4.69) is 6.58 Å². The molecule has 0 saturated carbocycles. The summed E-state index contributed by atoms with van der Waals surface area (Å²) in [6.45, 7) is 5.23. The molecule has 1 aromatic carbocycles. The summed E-state index contributed by atoms with van der Waals surface area (Å²) in [7, 11) is 0. The highest BCUT2D eigenvalue weighted by atomic mass is 16.4. The summed E-state index contributed by atoms with van der Waals surface area (Å²) in [5, 5.41) is 10.6. The number of aliphatic carboxylic acids is 1. The van der Waals surface area contributed by atoms with Crippen LogP contribution in [0.25, 0.3) is 6.08 Å². The van der Waals surface area contributed by atoms with E-state index in [1.54, 1.807) is 19.1 Å². The second kappa shape index (κ2) is 3.90. The number of carbonyl (C=O) groups excluding carboxylic acids is 1. The number of carboxylic acid groups (broad SMARTS) is 1. The molecule has 0 amide bonds. The van der Waals surface area contributed by atoms with Crippen molar-refractivity contribution < 1.29 is 9.90 Å². The lowest BCUT2D eigenvalue weighted by Crippen LogP contribution is -2.28. The first-order valence-corrected chi connectivity index (χ1v) is 4.09. The summed E-state index contributed by atoms with van der Waals surface area (Å²) in [5.41, 5.74) is 1.59. The summed E-state index contributed by atoms with van der Waals surface area (Å²) in [5.74, 6) is -1.65. The lowest BCUT2D eigenvalue weighted by atomic mass is 9.96. The minimum atomic E-state index is -1.06. The van der Waals surface area contributed by atoms with Crippen LogP contribution in [0.15, 0.2) is 30.8 Å². The number of rotatable bonds is 3. The molecule has 0 aliphatic rings. The predicted molar refractivity (Wildman–Crippen MR) is 50.0 cm³/mol. The minimum absolute atomic E-state index is 0.589. The average Bonchev–Trinajstić information content (AvgIpc) is 2.16. The molecule has 0 aliphatic carbocycles. The topological polar surface area (TPSA) is 40.1 Å². The van der Waals surface area contributed by atoms with Gasteiger partial charge in [-0.05, 0) is 11.1 Å². The predicted octanol–water partition coefficient (Wildman–Crippen LogP) is 1.18. The van der Waals surface area contributed by atoms with Gasteiger partial charge in [-0.3, -0.25) is 0 Å². The van der Waals surface area contributed by atoms with Crippen LogP contribution in [0, 0.1) is 0 Å². The highest BCUT2D eigenvalue weighted by Gasteiger charge is 2.08. The van der Waals surface area contributed by atoms with Crippen molar-refractivity contribution in [2.75, 3.05) is 0 Å². The number of hydrogen-bond donors (Lipinski definition) is 0. The third-order valence-corrected chi connectivity index (χ3v) is 2.04. The van der Waals surface area contributed by atoms with Crippen LogP contribution in [0.5, 0.6) is 0 Å². The average molecular weight is 175 g/mol. The molecule has 0 aliphatic heterocycles. The third kappa shape index (κ3) is 1.96. The zero-order valence-electron chi connectivity index (χ0n) is 7.49. The van der Waals surface area contributed by atoms with E-state index in [4.69, 9.17) is 0 Å². The molecule has 2 heteroatoms. The summed E-state index contributed by atoms with van der Waals surface area (Å²) in [6, 6.07) is 7.27. The second-order valence-corrected chi connectivity index (χ2v) is 2.87. The van der Waals surface area contributed by atoms with Gasteiger partial charge in [0.1, 0.15) is 0 Å². The molecule has 0 saturated heterocycles. The highest BCUT2D eigenvalue weighted by molar-refractivity contribution is 5.75. The van der Waals surface area contributed by atoms with Crippen LogP contribution in [0.1, 0.15) is 24.0 Å². The lowest BCUT2D eigenvalue weighted by Gasteiger charge is -2.15. The van der Waals surface area contributed by atoms with Crippen LogP contribution < -0.4 is 5.11 Å². The minimum Gasteiger partial charge on any atom is -0.550 e. The molecular weight excluding hydrogens is 164 g/mol. The Kier molecular flexibility index (Phi) is 2.85. The van der Waals surface area contributed by atoms with Gasteiger partial charge >= 0.3 is 0 Å². The Morgan fingerprint density at radius 3 is 2.69 bits per heavy atom. The molecule has 68 valence electrons. The van der Waals surface area contributed by atoms with Crippen LogP contribution in [0.4, 0.5) is 0 Å². The molecule has 13 heavy (non-hydrogen) atoms. The normalized spacial score (nSPS) is 12.1. The first kappa shape index (κ1) is 9.52. The SMILES string of the molecule is C=Cc1ccccc1C(C)C(=O)[O-].